The first-order chi connectivity index (χ1) is 6.99. The topological polar surface area (TPSA) is 81.7 Å². The molecule has 0 radical (unpaired) electrons. The zero-order valence-corrected chi connectivity index (χ0v) is 11.1. The van der Waals surface area contributed by atoms with Crippen LogP contribution in [0.25, 0.3) is 0 Å². The second-order valence-electron chi connectivity index (χ2n) is 4.49. The van der Waals surface area contributed by atoms with Crippen LogP contribution in [0, 0.1) is 0 Å². The Morgan fingerprint density at radius 3 is 2.25 bits per heavy atom. The molecule has 1 N–H and O–H groups in total. The summed E-state index contributed by atoms with van der Waals surface area (Å²) in [6, 6.07) is 0. The highest BCUT2D eigenvalue weighted by Crippen LogP contribution is 2.06. The van der Waals surface area contributed by atoms with Crippen molar-refractivity contribution in [3.63, 3.8) is 0 Å². The lowest BCUT2D eigenvalue weighted by Gasteiger charge is -2.20. The van der Waals surface area contributed by atoms with Crippen molar-refractivity contribution in [3.8, 4) is 0 Å². The molecule has 0 heterocycles. The van der Waals surface area contributed by atoms with E-state index in [0.717, 1.165) is 6.26 Å². The van der Waals surface area contributed by atoms with Gasteiger partial charge in [0, 0.05) is 6.54 Å². The van der Waals surface area contributed by atoms with Crippen molar-refractivity contribution < 1.29 is 22.1 Å². The molecule has 1 atom stereocenters. The fourth-order valence-electron chi connectivity index (χ4n) is 0.874. The predicted molar refractivity (Wildman–Crippen MR) is 59.6 cm³/mol. The predicted octanol–water partition coefficient (Wildman–Crippen LogP) is 0.876. The third-order valence-corrected chi connectivity index (χ3v) is 1.95. The number of alkyl carbamates (subject to hydrolysis) is 1. The molecule has 1 amide bonds. The maximum atomic E-state index is 11.2. The molecular weight excluding hydrogens is 234 g/mol. The number of carbonyl (C=O) groups excluding carboxylic acids is 1. The first-order valence-electron chi connectivity index (χ1n) is 4.85. The van der Waals surface area contributed by atoms with Crippen LogP contribution in [0.3, 0.4) is 0 Å². The molecule has 0 spiro atoms. The van der Waals surface area contributed by atoms with Crippen molar-refractivity contribution >= 4 is 16.2 Å². The number of carbonyl (C=O) groups is 1. The summed E-state index contributed by atoms with van der Waals surface area (Å²) >= 11 is 0. The van der Waals surface area contributed by atoms with Gasteiger partial charge in [-0.2, -0.15) is 8.42 Å². The van der Waals surface area contributed by atoms with Crippen LogP contribution in [-0.4, -0.2) is 39.0 Å². The summed E-state index contributed by atoms with van der Waals surface area (Å²) in [6.45, 7) is 6.83. The molecule has 0 aromatic heterocycles. The molecule has 0 saturated heterocycles. The molecule has 0 aliphatic heterocycles. The van der Waals surface area contributed by atoms with Gasteiger partial charge in [0.2, 0.25) is 0 Å². The van der Waals surface area contributed by atoms with Crippen molar-refractivity contribution in [2.24, 2.45) is 0 Å². The standard InChI is InChI=1S/C9H19NO5S/c1-7(15-16(5,12)13)6-10-8(11)14-9(2,3)4/h7H,6H2,1-5H3,(H,10,11). The Morgan fingerprint density at radius 2 is 1.88 bits per heavy atom. The molecule has 96 valence electrons. The van der Waals surface area contributed by atoms with Gasteiger partial charge in [0.25, 0.3) is 10.1 Å². The average molecular weight is 253 g/mol. The van der Waals surface area contributed by atoms with Gasteiger partial charge in [-0.25, -0.2) is 4.79 Å². The van der Waals surface area contributed by atoms with Crippen LogP contribution in [0.2, 0.25) is 0 Å². The smallest absolute Gasteiger partial charge is 0.407 e. The molecule has 1 unspecified atom stereocenters. The van der Waals surface area contributed by atoms with Gasteiger partial charge < -0.3 is 10.1 Å². The molecule has 0 fully saturated rings. The Morgan fingerprint density at radius 1 is 1.38 bits per heavy atom. The van der Waals surface area contributed by atoms with Crippen LogP contribution in [0.5, 0.6) is 0 Å². The second kappa shape index (κ2) is 5.49. The summed E-state index contributed by atoms with van der Waals surface area (Å²) < 4.78 is 31.1. The van der Waals surface area contributed by atoms with E-state index in [2.05, 4.69) is 9.50 Å². The maximum absolute atomic E-state index is 11.2. The maximum Gasteiger partial charge on any atom is 0.407 e. The summed E-state index contributed by atoms with van der Waals surface area (Å²) in [5.41, 5.74) is -0.578. The van der Waals surface area contributed by atoms with Gasteiger partial charge in [0.1, 0.15) is 5.60 Å². The second-order valence-corrected chi connectivity index (χ2v) is 6.09. The molecule has 6 nitrogen and oxygen atoms in total. The molecule has 0 aliphatic rings. The molecule has 0 aromatic carbocycles. The molecule has 0 saturated carbocycles. The molecule has 0 aliphatic carbocycles. The van der Waals surface area contributed by atoms with Crippen LogP contribution in [-0.2, 0) is 19.0 Å². The lowest BCUT2D eigenvalue weighted by atomic mass is 10.2. The largest absolute Gasteiger partial charge is 0.444 e. The van der Waals surface area contributed by atoms with Gasteiger partial charge in [0.05, 0.1) is 12.4 Å². The molecule has 0 aromatic rings. The summed E-state index contributed by atoms with van der Waals surface area (Å²) in [7, 11) is -3.50. The summed E-state index contributed by atoms with van der Waals surface area (Å²) in [4.78, 5) is 11.2. The van der Waals surface area contributed by atoms with Crippen molar-refractivity contribution in [2.75, 3.05) is 12.8 Å². The van der Waals surface area contributed by atoms with Gasteiger partial charge in [0.15, 0.2) is 0 Å². The summed E-state index contributed by atoms with van der Waals surface area (Å²) in [6.07, 6.45) is -0.268. The van der Waals surface area contributed by atoms with Crippen LogP contribution in [0.4, 0.5) is 4.79 Å². The van der Waals surface area contributed by atoms with Crippen molar-refractivity contribution in [3.05, 3.63) is 0 Å². The number of rotatable bonds is 4. The normalized spacial score (nSPS) is 14.3. The van der Waals surface area contributed by atoms with E-state index < -0.39 is 27.9 Å². The fraction of sp³-hybridized carbons (Fsp3) is 0.889. The highest BCUT2D eigenvalue weighted by molar-refractivity contribution is 7.86. The van der Waals surface area contributed by atoms with E-state index in [-0.39, 0.29) is 6.54 Å². The minimum Gasteiger partial charge on any atom is -0.444 e. The van der Waals surface area contributed by atoms with E-state index in [1.54, 1.807) is 27.7 Å². The van der Waals surface area contributed by atoms with E-state index in [1.165, 1.54) is 0 Å². The third kappa shape index (κ3) is 9.72. The Labute approximate surface area is 96.4 Å². The quantitative estimate of drug-likeness (QED) is 0.752. The SMILES string of the molecule is CC(CNC(=O)OC(C)(C)C)OS(C)(=O)=O. The summed E-state index contributed by atoms with van der Waals surface area (Å²) in [5.74, 6) is 0. The Kier molecular flexibility index (Phi) is 5.21. The van der Waals surface area contributed by atoms with Gasteiger partial charge in [-0.3, -0.25) is 4.18 Å². The molecule has 0 bridgehead atoms. The van der Waals surface area contributed by atoms with Crippen molar-refractivity contribution in [2.45, 2.75) is 39.4 Å². The number of ether oxygens (including phenoxy) is 1. The monoisotopic (exact) mass is 253 g/mol. The Hall–Kier alpha value is -0.820. The minimum atomic E-state index is -3.50. The van der Waals surface area contributed by atoms with Crippen LogP contribution < -0.4 is 5.32 Å². The molecule has 7 heteroatoms. The van der Waals surface area contributed by atoms with Crippen LogP contribution in [0.15, 0.2) is 0 Å². The van der Waals surface area contributed by atoms with E-state index in [4.69, 9.17) is 4.74 Å². The lowest BCUT2D eigenvalue weighted by Crippen LogP contribution is -2.37. The average Bonchev–Trinajstić information content (AvgIpc) is 1.94. The first-order valence-corrected chi connectivity index (χ1v) is 6.66. The zero-order valence-electron chi connectivity index (χ0n) is 10.2. The van der Waals surface area contributed by atoms with Crippen molar-refractivity contribution in [1.29, 1.82) is 0 Å². The molecule has 16 heavy (non-hydrogen) atoms. The van der Waals surface area contributed by atoms with Gasteiger partial charge in [-0.05, 0) is 27.7 Å². The van der Waals surface area contributed by atoms with Crippen LogP contribution in [0.1, 0.15) is 27.7 Å². The number of hydrogen-bond acceptors (Lipinski definition) is 5. The number of nitrogens with one attached hydrogen (secondary N) is 1. The lowest BCUT2D eigenvalue weighted by molar-refractivity contribution is 0.0506. The highest BCUT2D eigenvalue weighted by Gasteiger charge is 2.17. The van der Waals surface area contributed by atoms with Gasteiger partial charge in [-0.1, -0.05) is 0 Å². The van der Waals surface area contributed by atoms with E-state index in [1.807, 2.05) is 0 Å². The number of hydrogen-bond donors (Lipinski definition) is 1. The first kappa shape index (κ1) is 15.2. The van der Waals surface area contributed by atoms with Gasteiger partial charge in [-0.15, -0.1) is 0 Å². The van der Waals surface area contributed by atoms with Gasteiger partial charge >= 0.3 is 6.09 Å². The van der Waals surface area contributed by atoms with Crippen LogP contribution >= 0.6 is 0 Å². The number of amides is 1. The fourth-order valence-corrected chi connectivity index (χ4v) is 1.54. The van der Waals surface area contributed by atoms with Crippen molar-refractivity contribution in [1.82, 2.24) is 5.32 Å². The Bertz CT molecular complexity index is 330. The van der Waals surface area contributed by atoms with E-state index in [0.29, 0.717) is 0 Å². The Balaban J connectivity index is 3.94. The van der Waals surface area contributed by atoms with E-state index >= 15 is 0 Å². The molecule has 0 rings (SSSR count). The van der Waals surface area contributed by atoms with E-state index in [9.17, 15) is 13.2 Å². The zero-order chi connectivity index (χ0) is 13.0. The molecular formula is C9H19NO5S. The third-order valence-electron chi connectivity index (χ3n) is 1.27. The highest BCUT2D eigenvalue weighted by atomic mass is 32.2. The minimum absolute atomic E-state index is 0.0714. The summed E-state index contributed by atoms with van der Waals surface area (Å²) in [5, 5.41) is 2.41.